The van der Waals surface area contributed by atoms with E-state index in [9.17, 15) is 0 Å². The van der Waals surface area contributed by atoms with Crippen molar-refractivity contribution in [1.82, 2.24) is 0 Å². The van der Waals surface area contributed by atoms with Gasteiger partial charge in [-0.1, -0.05) is 44.9 Å². The standard InChI is InChI=1S/C20H33/c1-2-12-20(13-10-16(5-1)11-14-20)19-9-4-7-17-6-3-8-18(19)15-17/h16-17,19H,1-15H2. The van der Waals surface area contributed by atoms with Gasteiger partial charge >= 0.3 is 0 Å². The molecule has 5 saturated carbocycles. The van der Waals surface area contributed by atoms with E-state index in [1.807, 2.05) is 0 Å². The minimum Gasteiger partial charge on any atom is -0.0530 e. The molecule has 5 aliphatic rings. The quantitative estimate of drug-likeness (QED) is 0.525. The molecule has 0 spiro atoms. The lowest BCUT2D eigenvalue weighted by atomic mass is 9.54. The Kier molecular flexibility index (Phi) is 3.86. The van der Waals surface area contributed by atoms with Crippen molar-refractivity contribution < 1.29 is 0 Å². The number of fused-ring (bicyclic) bond motifs is 7. The minimum atomic E-state index is 0.776. The summed E-state index contributed by atoms with van der Waals surface area (Å²) >= 11 is 0. The summed E-state index contributed by atoms with van der Waals surface area (Å²) < 4.78 is 0. The molecule has 20 heavy (non-hydrogen) atoms. The van der Waals surface area contributed by atoms with Crippen molar-refractivity contribution in [2.75, 3.05) is 0 Å². The van der Waals surface area contributed by atoms with Crippen LogP contribution in [0.25, 0.3) is 0 Å². The second kappa shape index (κ2) is 5.65. The Labute approximate surface area is 126 Å². The molecule has 2 unspecified atom stereocenters. The zero-order chi connectivity index (χ0) is 13.4. The highest BCUT2D eigenvalue weighted by Gasteiger charge is 2.46. The largest absolute Gasteiger partial charge is 0.0530 e. The van der Waals surface area contributed by atoms with Crippen LogP contribution in [0, 0.1) is 29.1 Å². The van der Waals surface area contributed by atoms with E-state index >= 15 is 0 Å². The molecule has 4 bridgehead atoms. The maximum Gasteiger partial charge on any atom is -0.0202 e. The second-order valence-corrected chi connectivity index (χ2v) is 8.66. The van der Waals surface area contributed by atoms with Gasteiger partial charge in [0.15, 0.2) is 0 Å². The van der Waals surface area contributed by atoms with Gasteiger partial charge in [0.2, 0.25) is 0 Å². The van der Waals surface area contributed by atoms with Crippen molar-refractivity contribution in [3.05, 3.63) is 5.92 Å². The first kappa shape index (κ1) is 13.6. The van der Waals surface area contributed by atoms with Gasteiger partial charge in [-0.05, 0) is 80.5 Å². The highest BCUT2D eigenvalue weighted by atomic mass is 14.5. The molecule has 0 aromatic heterocycles. The fourth-order valence-electron chi connectivity index (χ4n) is 6.53. The van der Waals surface area contributed by atoms with Crippen LogP contribution in [0.4, 0.5) is 0 Å². The van der Waals surface area contributed by atoms with Crippen molar-refractivity contribution >= 4 is 0 Å². The molecule has 2 atom stereocenters. The summed E-state index contributed by atoms with van der Waals surface area (Å²) in [4.78, 5) is 0. The van der Waals surface area contributed by atoms with E-state index in [4.69, 9.17) is 0 Å². The first-order chi connectivity index (χ1) is 9.86. The van der Waals surface area contributed by atoms with Gasteiger partial charge in [0.05, 0.1) is 0 Å². The predicted octanol–water partition coefficient (Wildman–Crippen LogP) is 6.30. The Morgan fingerprint density at radius 1 is 0.650 bits per heavy atom. The minimum absolute atomic E-state index is 0.776. The van der Waals surface area contributed by atoms with Gasteiger partial charge in [0.25, 0.3) is 0 Å². The van der Waals surface area contributed by atoms with E-state index in [0.717, 1.165) is 23.2 Å². The lowest BCUT2D eigenvalue weighted by Crippen LogP contribution is -2.39. The smallest absolute Gasteiger partial charge is 0.0202 e. The summed E-state index contributed by atoms with van der Waals surface area (Å²) in [5.74, 6) is 5.30. The monoisotopic (exact) mass is 273 g/mol. The van der Waals surface area contributed by atoms with Crippen LogP contribution in [-0.2, 0) is 0 Å². The SMILES string of the molecule is C1CCC2(C3CCCC4CCC[C]3C4)CCC(C1)CC2. The maximum absolute atomic E-state index is 2.05. The molecular formula is C20H33. The number of hydrogen-bond acceptors (Lipinski definition) is 0. The highest BCUT2D eigenvalue weighted by Crippen LogP contribution is 2.58. The molecule has 113 valence electrons. The molecule has 0 aromatic rings. The number of rotatable bonds is 1. The Bertz CT molecular complexity index is 317. The van der Waals surface area contributed by atoms with E-state index < -0.39 is 0 Å². The summed E-state index contributed by atoms with van der Waals surface area (Å²) in [6.45, 7) is 0. The van der Waals surface area contributed by atoms with Gasteiger partial charge in [0.1, 0.15) is 0 Å². The number of hydrogen-bond donors (Lipinski definition) is 0. The van der Waals surface area contributed by atoms with Crippen LogP contribution < -0.4 is 0 Å². The molecule has 5 aliphatic carbocycles. The van der Waals surface area contributed by atoms with E-state index in [0.29, 0.717) is 0 Å². The summed E-state index contributed by atoms with van der Waals surface area (Å²) in [5.41, 5.74) is 0.776. The molecule has 0 amide bonds. The lowest BCUT2D eigenvalue weighted by Gasteiger charge is -2.50. The molecule has 0 heterocycles. The van der Waals surface area contributed by atoms with Gasteiger partial charge < -0.3 is 0 Å². The lowest BCUT2D eigenvalue weighted by molar-refractivity contribution is 0.0398. The van der Waals surface area contributed by atoms with Crippen LogP contribution in [0.15, 0.2) is 0 Å². The van der Waals surface area contributed by atoms with Crippen LogP contribution in [0.5, 0.6) is 0 Å². The Balaban J connectivity index is 1.57. The molecule has 0 N–H and O–H groups in total. The molecule has 0 aliphatic heterocycles. The second-order valence-electron chi connectivity index (χ2n) is 8.66. The van der Waals surface area contributed by atoms with Crippen molar-refractivity contribution in [3.63, 3.8) is 0 Å². The molecule has 0 nitrogen and oxygen atoms in total. The zero-order valence-electron chi connectivity index (χ0n) is 13.3. The molecule has 5 fully saturated rings. The predicted molar refractivity (Wildman–Crippen MR) is 85.4 cm³/mol. The third-order valence-corrected chi connectivity index (χ3v) is 7.64. The van der Waals surface area contributed by atoms with Crippen LogP contribution in [0.3, 0.4) is 0 Å². The Morgan fingerprint density at radius 3 is 2.35 bits per heavy atom. The molecule has 0 heteroatoms. The summed E-state index contributed by atoms with van der Waals surface area (Å²) in [5, 5.41) is 0. The molecule has 5 rings (SSSR count). The topological polar surface area (TPSA) is 0 Å². The summed E-state index contributed by atoms with van der Waals surface area (Å²) in [6.07, 6.45) is 23.3. The molecule has 0 aromatic carbocycles. The van der Waals surface area contributed by atoms with Crippen LogP contribution >= 0.6 is 0 Å². The highest BCUT2D eigenvalue weighted by molar-refractivity contribution is 5.10. The Morgan fingerprint density at radius 2 is 1.45 bits per heavy atom. The first-order valence-electron chi connectivity index (χ1n) is 9.70. The average molecular weight is 273 g/mol. The first-order valence-corrected chi connectivity index (χ1v) is 9.70. The maximum atomic E-state index is 2.05. The van der Waals surface area contributed by atoms with E-state index in [1.165, 1.54) is 25.7 Å². The van der Waals surface area contributed by atoms with Crippen LogP contribution in [0.1, 0.15) is 96.3 Å². The molecular weight excluding hydrogens is 240 g/mol. The molecule has 1 radical (unpaired) electrons. The summed E-state index contributed by atoms with van der Waals surface area (Å²) in [6, 6.07) is 0. The van der Waals surface area contributed by atoms with E-state index in [-0.39, 0.29) is 0 Å². The van der Waals surface area contributed by atoms with Crippen molar-refractivity contribution in [2.45, 2.75) is 96.3 Å². The zero-order valence-corrected chi connectivity index (χ0v) is 13.3. The van der Waals surface area contributed by atoms with E-state index in [1.54, 1.807) is 70.6 Å². The third kappa shape index (κ3) is 2.46. The van der Waals surface area contributed by atoms with Crippen molar-refractivity contribution in [2.24, 2.45) is 23.2 Å². The van der Waals surface area contributed by atoms with E-state index in [2.05, 4.69) is 5.92 Å². The van der Waals surface area contributed by atoms with Crippen molar-refractivity contribution in [3.8, 4) is 0 Å². The van der Waals surface area contributed by atoms with Gasteiger partial charge in [-0.3, -0.25) is 0 Å². The average Bonchev–Trinajstić information content (AvgIpc) is 2.59. The summed E-state index contributed by atoms with van der Waals surface area (Å²) in [7, 11) is 0. The van der Waals surface area contributed by atoms with Crippen LogP contribution in [0.2, 0.25) is 0 Å². The Hall–Kier alpha value is 0. The van der Waals surface area contributed by atoms with Crippen LogP contribution in [-0.4, -0.2) is 0 Å². The van der Waals surface area contributed by atoms with Gasteiger partial charge in [0, 0.05) is 0 Å². The molecule has 0 saturated heterocycles. The van der Waals surface area contributed by atoms with Gasteiger partial charge in [-0.2, -0.15) is 0 Å². The van der Waals surface area contributed by atoms with Gasteiger partial charge in [-0.15, -0.1) is 0 Å². The third-order valence-electron chi connectivity index (χ3n) is 7.64. The normalized spacial score (nSPS) is 46.5. The fraction of sp³-hybridized carbons (Fsp3) is 0.950. The van der Waals surface area contributed by atoms with Gasteiger partial charge in [-0.25, -0.2) is 0 Å². The van der Waals surface area contributed by atoms with Crippen molar-refractivity contribution in [1.29, 1.82) is 0 Å². The fourth-order valence-corrected chi connectivity index (χ4v) is 6.53.